The molecule has 116 valence electrons. The molecule has 0 bridgehead atoms. The first-order chi connectivity index (χ1) is 11.3. The van der Waals surface area contributed by atoms with E-state index < -0.39 is 0 Å². The van der Waals surface area contributed by atoms with Crippen molar-refractivity contribution in [3.8, 4) is 0 Å². The number of carbonyl (C=O) groups is 1. The maximum atomic E-state index is 12.6. The van der Waals surface area contributed by atoms with Crippen LogP contribution in [0.15, 0.2) is 47.9 Å². The van der Waals surface area contributed by atoms with Crippen LogP contribution in [0.5, 0.6) is 0 Å². The quantitative estimate of drug-likeness (QED) is 0.646. The lowest BCUT2D eigenvalue weighted by Crippen LogP contribution is -2.28. The van der Waals surface area contributed by atoms with Crippen LogP contribution >= 0.6 is 22.7 Å². The number of para-hydroxylation sites is 1. The summed E-state index contributed by atoms with van der Waals surface area (Å²) in [6.07, 6.45) is 5.63. The molecule has 3 nitrogen and oxygen atoms in total. The molecule has 4 rings (SSSR count). The van der Waals surface area contributed by atoms with E-state index in [2.05, 4.69) is 6.07 Å². The molecule has 3 aromatic rings. The zero-order valence-corrected chi connectivity index (χ0v) is 14.1. The van der Waals surface area contributed by atoms with Crippen LogP contribution < -0.4 is 0 Å². The number of carbonyl (C=O) groups excluding carboxylic acids is 1. The Bertz CT molecular complexity index is 818. The minimum absolute atomic E-state index is 0.0835. The first-order valence-corrected chi connectivity index (χ1v) is 9.38. The molecular weight excluding hydrogens is 324 g/mol. The van der Waals surface area contributed by atoms with E-state index in [-0.39, 0.29) is 11.9 Å². The SMILES string of the molecule is O=C(/C=C/c1cccs1)N1CCC[C@@H]1c1nc2ccccc2s1. The number of rotatable bonds is 3. The molecule has 1 amide bonds. The van der Waals surface area contributed by atoms with Gasteiger partial charge in [0.15, 0.2) is 0 Å². The Kier molecular flexibility index (Phi) is 3.97. The molecule has 0 spiro atoms. The normalized spacial score (nSPS) is 18.3. The lowest BCUT2D eigenvalue weighted by molar-refractivity contribution is -0.126. The van der Waals surface area contributed by atoms with Crippen LogP contribution in [0, 0.1) is 0 Å². The maximum Gasteiger partial charge on any atom is 0.247 e. The van der Waals surface area contributed by atoms with Crippen LogP contribution in [0.3, 0.4) is 0 Å². The van der Waals surface area contributed by atoms with Gasteiger partial charge in [0.1, 0.15) is 5.01 Å². The molecule has 1 atom stereocenters. The third kappa shape index (κ3) is 2.94. The first kappa shape index (κ1) is 14.6. The number of aromatic nitrogens is 1. The molecule has 1 aromatic carbocycles. The Morgan fingerprint density at radius 1 is 1.26 bits per heavy atom. The number of hydrogen-bond acceptors (Lipinski definition) is 4. The van der Waals surface area contributed by atoms with E-state index in [4.69, 9.17) is 4.98 Å². The van der Waals surface area contributed by atoms with Crippen molar-refractivity contribution in [1.82, 2.24) is 9.88 Å². The summed E-state index contributed by atoms with van der Waals surface area (Å²) in [6.45, 7) is 0.814. The average molecular weight is 340 g/mol. The predicted molar refractivity (Wildman–Crippen MR) is 96.7 cm³/mol. The summed E-state index contributed by atoms with van der Waals surface area (Å²) in [5.41, 5.74) is 1.03. The molecule has 0 aliphatic carbocycles. The van der Waals surface area contributed by atoms with Gasteiger partial charge in [0.25, 0.3) is 0 Å². The van der Waals surface area contributed by atoms with Gasteiger partial charge >= 0.3 is 0 Å². The molecule has 0 saturated carbocycles. The van der Waals surface area contributed by atoms with Gasteiger partial charge in [0.2, 0.25) is 5.91 Å². The summed E-state index contributed by atoms with van der Waals surface area (Å²) < 4.78 is 1.19. The molecule has 0 N–H and O–H groups in total. The van der Waals surface area contributed by atoms with Crippen LogP contribution in [0.25, 0.3) is 16.3 Å². The van der Waals surface area contributed by atoms with Crippen molar-refractivity contribution in [3.63, 3.8) is 0 Å². The smallest absolute Gasteiger partial charge is 0.247 e. The zero-order chi connectivity index (χ0) is 15.6. The van der Waals surface area contributed by atoms with Crippen molar-refractivity contribution in [2.24, 2.45) is 0 Å². The average Bonchev–Trinajstić information content (AvgIpc) is 3.31. The second-order valence-electron chi connectivity index (χ2n) is 5.56. The molecule has 3 heterocycles. The fraction of sp³-hybridized carbons (Fsp3) is 0.222. The molecule has 1 fully saturated rings. The van der Waals surface area contributed by atoms with Gasteiger partial charge in [-0.25, -0.2) is 4.98 Å². The Balaban J connectivity index is 1.57. The van der Waals surface area contributed by atoms with E-state index in [0.717, 1.165) is 34.8 Å². The number of hydrogen-bond donors (Lipinski definition) is 0. The monoisotopic (exact) mass is 340 g/mol. The van der Waals surface area contributed by atoms with Gasteiger partial charge in [-0.2, -0.15) is 0 Å². The predicted octanol–water partition coefficient (Wildman–Crippen LogP) is 4.73. The van der Waals surface area contributed by atoms with Crippen LogP contribution in [0.4, 0.5) is 0 Å². The fourth-order valence-corrected chi connectivity index (χ4v) is 4.69. The summed E-state index contributed by atoms with van der Waals surface area (Å²) in [4.78, 5) is 20.4. The van der Waals surface area contributed by atoms with Crippen molar-refractivity contribution in [1.29, 1.82) is 0 Å². The lowest BCUT2D eigenvalue weighted by Gasteiger charge is -2.21. The van der Waals surface area contributed by atoms with Crippen LogP contribution in [0.1, 0.15) is 28.8 Å². The molecule has 1 aliphatic rings. The number of fused-ring (bicyclic) bond motifs is 1. The topological polar surface area (TPSA) is 33.2 Å². The summed E-state index contributed by atoms with van der Waals surface area (Å²) >= 11 is 3.34. The summed E-state index contributed by atoms with van der Waals surface area (Å²) in [7, 11) is 0. The van der Waals surface area contributed by atoms with E-state index >= 15 is 0 Å². The molecule has 5 heteroatoms. The van der Waals surface area contributed by atoms with E-state index in [1.165, 1.54) is 4.70 Å². The molecule has 0 radical (unpaired) electrons. The highest BCUT2D eigenvalue weighted by molar-refractivity contribution is 7.18. The Morgan fingerprint density at radius 2 is 2.17 bits per heavy atom. The van der Waals surface area contributed by atoms with Gasteiger partial charge in [-0.3, -0.25) is 4.79 Å². The fourth-order valence-electron chi connectivity index (χ4n) is 2.96. The molecule has 1 saturated heterocycles. The van der Waals surface area contributed by atoms with E-state index in [9.17, 15) is 4.79 Å². The number of benzene rings is 1. The van der Waals surface area contributed by atoms with Crippen LogP contribution in [-0.4, -0.2) is 22.3 Å². The Morgan fingerprint density at radius 3 is 3.00 bits per heavy atom. The Hall–Kier alpha value is -1.98. The maximum absolute atomic E-state index is 12.6. The number of thiophene rings is 1. The highest BCUT2D eigenvalue weighted by Crippen LogP contribution is 2.36. The van der Waals surface area contributed by atoms with Crippen molar-refractivity contribution >= 4 is 44.9 Å². The second-order valence-corrected chi connectivity index (χ2v) is 7.60. The van der Waals surface area contributed by atoms with E-state index in [1.807, 2.05) is 46.7 Å². The number of likely N-dealkylation sites (tertiary alicyclic amines) is 1. The highest BCUT2D eigenvalue weighted by atomic mass is 32.1. The minimum Gasteiger partial charge on any atom is -0.330 e. The van der Waals surface area contributed by atoms with Gasteiger partial charge in [0.05, 0.1) is 16.3 Å². The third-order valence-corrected chi connectivity index (χ3v) is 6.04. The molecule has 23 heavy (non-hydrogen) atoms. The van der Waals surface area contributed by atoms with E-state index in [1.54, 1.807) is 28.7 Å². The number of nitrogens with zero attached hydrogens (tertiary/aromatic N) is 2. The minimum atomic E-state index is 0.0835. The van der Waals surface area contributed by atoms with Crippen LogP contribution in [-0.2, 0) is 4.79 Å². The lowest BCUT2D eigenvalue weighted by atomic mass is 10.2. The largest absolute Gasteiger partial charge is 0.330 e. The molecule has 0 unspecified atom stereocenters. The van der Waals surface area contributed by atoms with Crippen molar-refractivity contribution in [2.45, 2.75) is 18.9 Å². The van der Waals surface area contributed by atoms with Gasteiger partial charge in [-0.15, -0.1) is 22.7 Å². The second kappa shape index (κ2) is 6.26. The van der Waals surface area contributed by atoms with E-state index in [0.29, 0.717) is 0 Å². The number of thiazole rings is 1. The van der Waals surface area contributed by atoms with Crippen LogP contribution in [0.2, 0.25) is 0 Å². The Labute approximate surface area is 142 Å². The highest BCUT2D eigenvalue weighted by Gasteiger charge is 2.31. The van der Waals surface area contributed by atoms with Gasteiger partial charge in [-0.1, -0.05) is 18.2 Å². The van der Waals surface area contributed by atoms with Gasteiger partial charge in [0, 0.05) is 17.5 Å². The van der Waals surface area contributed by atoms with Crippen molar-refractivity contribution < 1.29 is 4.79 Å². The summed E-state index contributed by atoms with van der Waals surface area (Å²) in [5.74, 6) is 0.0835. The molecule has 2 aromatic heterocycles. The molecule has 1 aliphatic heterocycles. The van der Waals surface area contributed by atoms with Gasteiger partial charge in [-0.05, 0) is 42.5 Å². The summed E-state index contributed by atoms with van der Waals surface area (Å²) in [6, 6.07) is 12.3. The standard InChI is InChI=1S/C18H16N2OS2/c21-17(10-9-13-5-4-12-22-13)20-11-3-7-15(20)18-19-14-6-1-2-8-16(14)23-18/h1-2,4-6,8-10,12,15H,3,7,11H2/b10-9+/t15-/m1/s1. The molecular formula is C18H16N2OS2. The third-order valence-electron chi connectivity index (χ3n) is 4.06. The number of amides is 1. The zero-order valence-electron chi connectivity index (χ0n) is 12.5. The summed E-state index contributed by atoms with van der Waals surface area (Å²) in [5, 5.41) is 3.07. The van der Waals surface area contributed by atoms with Crippen molar-refractivity contribution in [3.05, 3.63) is 57.7 Å². The van der Waals surface area contributed by atoms with Crippen molar-refractivity contribution in [2.75, 3.05) is 6.54 Å². The van der Waals surface area contributed by atoms with Gasteiger partial charge < -0.3 is 4.90 Å². The first-order valence-electron chi connectivity index (χ1n) is 7.69.